The lowest BCUT2D eigenvalue weighted by atomic mass is 10.0. The van der Waals surface area contributed by atoms with E-state index in [1.807, 2.05) is 13.8 Å². The fraction of sp³-hybridized carbons (Fsp3) is 0.773. The quantitative estimate of drug-likeness (QED) is 0.0289. The number of imidazole rings is 2. The maximum atomic E-state index is 10.4. The minimum atomic E-state index is -0.0943. The van der Waals surface area contributed by atoms with Crippen molar-refractivity contribution in [2.24, 2.45) is 0 Å². The first kappa shape index (κ1) is 47.9. The Kier molecular flexibility index (Phi) is 23.4. The molecule has 4 aromatic heterocycles. The second kappa shape index (κ2) is 27.9. The first-order chi connectivity index (χ1) is 27.7. The number of hydrogen-bond donors (Lipinski definition) is 1. The minimum Gasteiger partial charge on any atom is -0.393 e. The number of rotatable bonds is 33. The number of aromatic nitrogens is 8. The average molecular weight is 869 g/mol. The van der Waals surface area contributed by atoms with E-state index in [9.17, 15) is 5.11 Å². The van der Waals surface area contributed by atoms with Crippen LogP contribution in [0.25, 0.3) is 22.3 Å². The van der Waals surface area contributed by atoms with Crippen LogP contribution in [0.2, 0.25) is 20.9 Å². The van der Waals surface area contributed by atoms with Crippen molar-refractivity contribution >= 4 is 68.7 Å². The topological polar surface area (TPSA) is 107 Å². The van der Waals surface area contributed by atoms with Gasteiger partial charge in [0.05, 0.1) is 6.10 Å². The van der Waals surface area contributed by atoms with Gasteiger partial charge in [0.25, 0.3) is 0 Å². The van der Waals surface area contributed by atoms with Crippen LogP contribution in [-0.2, 0) is 13.1 Å². The number of aryl methyl sites for hydroxylation is 4. The van der Waals surface area contributed by atoms with Gasteiger partial charge in [-0.05, 0) is 62.7 Å². The summed E-state index contributed by atoms with van der Waals surface area (Å²) >= 11 is 24.4. The van der Waals surface area contributed by atoms with Gasteiger partial charge in [0, 0.05) is 13.1 Å². The molecule has 320 valence electrons. The third-order valence-corrected chi connectivity index (χ3v) is 12.4. The summed E-state index contributed by atoms with van der Waals surface area (Å²) < 4.78 is 4.23. The molecule has 13 heteroatoms. The van der Waals surface area contributed by atoms with E-state index in [0.717, 1.165) is 61.6 Å². The van der Waals surface area contributed by atoms with Crippen molar-refractivity contribution in [1.29, 1.82) is 0 Å². The van der Waals surface area contributed by atoms with Gasteiger partial charge in [-0.15, -0.1) is 0 Å². The average Bonchev–Trinajstić information content (AvgIpc) is 3.67. The number of halogens is 4. The second-order valence-corrected chi connectivity index (χ2v) is 17.7. The van der Waals surface area contributed by atoms with E-state index in [1.165, 1.54) is 161 Å². The van der Waals surface area contributed by atoms with Gasteiger partial charge < -0.3 is 14.2 Å². The summed E-state index contributed by atoms with van der Waals surface area (Å²) in [5, 5.41) is 11.4. The number of unbranched alkanes of at least 4 members (excludes halogenated alkanes) is 25. The van der Waals surface area contributed by atoms with Gasteiger partial charge in [-0.2, -0.15) is 9.97 Å². The molecule has 1 atom stereocenters. The zero-order valence-corrected chi connectivity index (χ0v) is 38.1. The molecule has 0 bridgehead atoms. The Morgan fingerprint density at radius 2 is 0.789 bits per heavy atom. The molecule has 0 aliphatic heterocycles. The smallest absolute Gasteiger partial charge is 0.225 e. The van der Waals surface area contributed by atoms with Crippen molar-refractivity contribution in [2.75, 3.05) is 0 Å². The zero-order chi connectivity index (χ0) is 40.7. The number of fused-ring (bicyclic) bond motifs is 2. The van der Waals surface area contributed by atoms with E-state index >= 15 is 0 Å². The highest BCUT2D eigenvalue weighted by molar-refractivity contribution is 6.35. The van der Waals surface area contributed by atoms with Crippen LogP contribution in [-0.4, -0.2) is 50.2 Å². The molecular weight excluding hydrogens is 798 g/mol. The molecule has 0 saturated carbocycles. The Hall–Kier alpha value is -1.78. The molecule has 0 saturated heterocycles. The van der Waals surface area contributed by atoms with Gasteiger partial charge in [0.2, 0.25) is 10.6 Å². The van der Waals surface area contributed by atoms with Crippen molar-refractivity contribution in [1.82, 2.24) is 39.0 Å². The fourth-order valence-corrected chi connectivity index (χ4v) is 9.07. The highest BCUT2D eigenvalue weighted by Crippen LogP contribution is 2.25. The molecule has 0 fully saturated rings. The van der Waals surface area contributed by atoms with Gasteiger partial charge in [-0.1, -0.05) is 184 Å². The summed E-state index contributed by atoms with van der Waals surface area (Å²) in [5.74, 6) is 1.82. The van der Waals surface area contributed by atoms with E-state index in [4.69, 9.17) is 46.4 Å². The molecule has 0 radical (unpaired) electrons. The molecule has 0 spiro atoms. The number of aliphatic hydroxyl groups is 1. The predicted molar refractivity (Wildman–Crippen MR) is 240 cm³/mol. The maximum Gasteiger partial charge on any atom is 0.225 e. The molecule has 0 aromatic carbocycles. The van der Waals surface area contributed by atoms with E-state index in [0.29, 0.717) is 21.5 Å². The maximum absolute atomic E-state index is 10.4. The van der Waals surface area contributed by atoms with Crippen LogP contribution in [0.15, 0.2) is 0 Å². The molecule has 0 amide bonds. The number of aliphatic hydroxyl groups excluding tert-OH is 1. The highest BCUT2D eigenvalue weighted by Gasteiger charge is 2.15. The van der Waals surface area contributed by atoms with Crippen molar-refractivity contribution in [2.45, 2.75) is 219 Å². The predicted octanol–water partition coefficient (Wildman–Crippen LogP) is 14.6. The minimum absolute atomic E-state index is 0.0943. The Morgan fingerprint density at radius 1 is 0.421 bits per heavy atom. The van der Waals surface area contributed by atoms with Crippen LogP contribution in [0.1, 0.15) is 198 Å². The first-order valence-corrected chi connectivity index (χ1v) is 24.1. The monoisotopic (exact) mass is 866 g/mol. The third kappa shape index (κ3) is 17.8. The Bertz CT molecular complexity index is 1710. The lowest BCUT2D eigenvalue weighted by Crippen LogP contribution is -2.05. The summed E-state index contributed by atoms with van der Waals surface area (Å²) in [5.41, 5.74) is 2.74. The number of hydrogen-bond acceptors (Lipinski definition) is 7. The molecule has 4 aromatic rings. The summed E-state index contributed by atoms with van der Waals surface area (Å²) in [6.07, 6.45) is 36.9. The number of nitrogens with zero attached hydrogens (tertiary/aromatic N) is 8. The van der Waals surface area contributed by atoms with E-state index in [-0.39, 0.29) is 16.7 Å². The molecule has 9 nitrogen and oxygen atoms in total. The first-order valence-electron chi connectivity index (χ1n) is 22.5. The SMILES string of the molecule is Cc1nc2c(Cl)nc(Cl)nc2n1CCCCCCCCCCCCCCCC(O)CCCCCCCCCCCCCCCCn1c(C)nc2nc(Cl)nc(Cl)c21. The summed E-state index contributed by atoms with van der Waals surface area (Å²) in [7, 11) is 0. The Balaban J connectivity index is 0.821. The van der Waals surface area contributed by atoms with Gasteiger partial charge >= 0.3 is 0 Å². The lowest BCUT2D eigenvalue weighted by Gasteiger charge is -2.10. The van der Waals surface area contributed by atoms with Crippen molar-refractivity contribution < 1.29 is 5.11 Å². The summed E-state index contributed by atoms with van der Waals surface area (Å²) in [4.78, 5) is 25.7. The molecule has 4 heterocycles. The molecule has 1 unspecified atom stereocenters. The van der Waals surface area contributed by atoms with Crippen molar-refractivity contribution in [3.63, 3.8) is 0 Å². The van der Waals surface area contributed by atoms with E-state index in [2.05, 4.69) is 39.0 Å². The van der Waals surface area contributed by atoms with Crippen molar-refractivity contribution in [3.8, 4) is 0 Å². The van der Waals surface area contributed by atoms with Gasteiger partial charge in [0.15, 0.2) is 21.6 Å². The van der Waals surface area contributed by atoms with E-state index in [1.54, 1.807) is 0 Å². The van der Waals surface area contributed by atoms with Gasteiger partial charge in [-0.25, -0.2) is 19.9 Å². The normalized spacial score (nSPS) is 12.5. The molecular formula is C44H70Cl4N8O. The van der Waals surface area contributed by atoms with Crippen molar-refractivity contribution in [3.05, 3.63) is 32.5 Å². The second-order valence-electron chi connectivity index (χ2n) is 16.3. The fourth-order valence-electron chi connectivity index (χ4n) is 8.18. The van der Waals surface area contributed by atoms with Crippen LogP contribution in [0.3, 0.4) is 0 Å². The van der Waals surface area contributed by atoms with Gasteiger partial charge in [-0.3, -0.25) is 0 Å². The standard InChI is InChI=1S/C44H70Cl4N8O/c1-34-49-37-39(45)51-44(48)54-42(37)56(34)33-29-25-21-17-13-9-5-7-11-15-19-23-27-31-36(57)30-26-22-18-14-10-6-3-4-8-12-16-20-24-28-32-55-35(2)50-41-38(55)40(46)52-43(47)53-41/h36,57H,3-33H2,1-2H3. The van der Waals surface area contributed by atoms with Crippen LogP contribution < -0.4 is 0 Å². The van der Waals surface area contributed by atoms with Crippen LogP contribution in [0.5, 0.6) is 0 Å². The van der Waals surface area contributed by atoms with Gasteiger partial charge in [0.1, 0.15) is 22.7 Å². The highest BCUT2D eigenvalue weighted by atomic mass is 35.5. The molecule has 57 heavy (non-hydrogen) atoms. The summed E-state index contributed by atoms with van der Waals surface area (Å²) in [6, 6.07) is 0. The van der Waals surface area contributed by atoms with Crippen LogP contribution in [0, 0.1) is 13.8 Å². The summed E-state index contributed by atoms with van der Waals surface area (Å²) in [6.45, 7) is 5.74. The Labute approximate surface area is 362 Å². The molecule has 1 N–H and O–H groups in total. The van der Waals surface area contributed by atoms with E-state index < -0.39 is 0 Å². The lowest BCUT2D eigenvalue weighted by molar-refractivity contribution is 0.147. The van der Waals surface area contributed by atoms with Crippen LogP contribution >= 0.6 is 46.4 Å². The van der Waals surface area contributed by atoms with Crippen LogP contribution in [0.4, 0.5) is 0 Å². The molecule has 4 rings (SSSR count). The molecule has 0 aliphatic rings. The Morgan fingerprint density at radius 3 is 1.26 bits per heavy atom. The largest absolute Gasteiger partial charge is 0.393 e. The molecule has 0 aliphatic carbocycles. The third-order valence-electron chi connectivity index (χ3n) is 11.5. The zero-order valence-electron chi connectivity index (χ0n) is 35.0.